The van der Waals surface area contributed by atoms with Gasteiger partial charge in [0.2, 0.25) is 0 Å². The van der Waals surface area contributed by atoms with E-state index < -0.39 is 0 Å². The zero-order valence-corrected chi connectivity index (χ0v) is 11.4. The van der Waals surface area contributed by atoms with Crippen LogP contribution in [0.3, 0.4) is 0 Å². The van der Waals surface area contributed by atoms with Crippen LogP contribution in [-0.4, -0.2) is 35.8 Å². The number of hydrogen-bond donors (Lipinski definition) is 2. The van der Waals surface area contributed by atoms with E-state index >= 15 is 0 Å². The van der Waals surface area contributed by atoms with Crippen LogP contribution in [0.5, 0.6) is 0 Å². The van der Waals surface area contributed by atoms with E-state index in [1.165, 1.54) is 0 Å². The highest BCUT2D eigenvalue weighted by atomic mass is 16.5. The van der Waals surface area contributed by atoms with Crippen molar-refractivity contribution in [2.75, 3.05) is 24.3 Å². The molecule has 1 aromatic rings. The average Bonchev–Trinajstić information content (AvgIpc) is 2.76. The summed E-state index contributed by atoms with van der Waals surface area (Å²) in [5.74, 6) is 2.58. The van der Waals surface area contributed by atoms with Crippen LogP contribution in [-0.2, 0) is 4.74 Å². The Hall–Kier alpha value is -1.36. The molecule has 0 radical (unpaired) electrons. The number of ether oxygens (including phenoxy) is 1. The van der Waals surface area contributed by atoms with Gasteiger partial charge >= 0.3 is 0 Å². The Kier molecular flexibility index (Phi) is 4.36. The van der Waals surface area contributed by atoms with Crippen molar-refractivity contribution < 1.29 is 4.74 Å². The van der Waals surface area contributed by atoms with Gasteiger partial charge in [0.05, 0.1) is 6.10 Å². The third kappa shape index (κ3) is 3.32. The Balaban J connectivity index is 2.00. The van der Waals surface area contributed by atoms with Gasteiger partial charge in [-0.25, -0.2) is 9.97 Å². The molecule has 2 N–H and O–H groups in total. The zero-order chi connectivity index (χ0) is 13.0. The van der Waals surface area contributed by atoms with Crippen molar-refractivity contribution in [3.63, 3.8) is 0 Å². The van der Waals surface area contributed by atoms with Crippen LogP contribution >= 0.6 is 0 Å². The first-order valence-corrected chi connectivity index (χ1v) is 6.60. The fourth-order valence-corrected chi connectivity index (χ4v) is 2.41. The maximum Gasteiger partial charge on any atom is 0.132 e. The van der Waals surface area contributed by atoms with E-state index in [1.54, 1.807) is 7.11 Å². The summed E-state index contributed by atoms with van der Waals surface area (Å²) < 4.78 is 5.38. The van der Waals surface area contributed by atoms with Crippen LogP contribution in [0.4, 0.5) is 11.6 Å². The van der Waals surface area contributed by atoms with E-state index in [0.717, 1.165) is 43.3 Å². The molecule has 1 aliphatic rings. The summed E-state index contributed by atoms with van der Waals surface area (Å²) >= 11 is 0. The number of nitrogens with zero attached hydrogens (tertiary/aromatic N) is 2. The molecule has 0 saturated heterocycles. The van der Waals surface area contributed by atoms with E-state index in [0.29, 0.717) is 12.1 Å². The third-order valence-corrected chi connectivity index (χ3v) is 3.27. The third-order valence-electron chi connectivity index (χ3n) is 3.27. The molecule has 2 unspecified atom stereocenters. The summed E-state index contributed by atoms with van der Waals surface area (Å²) in [6, 6.07) is 2.43. The quantitative estimate of drug-likeness (QED) is 0.839. The van der Waals surface area contributed by atoms with Crippen LogP contribution in [0.25, 0.3) is 0 Å². The Morgan fingerprint density at radius 3 is 2.78 bits per heavy atom. The minimum atomic E-state index is 0.388. The summed E-state index contributed by atoms with van der Waals surface area (Å²) in [5, 5.41) is 6.69. The van der Waals surface area contributed by atoms with Crippen molar-refractivity contribution in [1.29, 1.82) is 0 Å². The largest absolute Gasteiger partial charge is 0.381 e. The smallest absolute Gasteiger partial charge is 0.132 e. The molecule has 1 heterocycles. The number of methoxy groups -OCH3 is 1. The van der Waals surface area contributed by atoms with Gasteiger partial charge in [-0.15, -0.1) is 0 Å². The van der Waals surface area contributed by atoms with Crippen LogP contribution in [0.2, 0.25) is 0 Å². The average molecular weight is 250 g/mol. The summed E-state index contributed by atoms with van der Waals surface area (Å²) in [5.41, 5.74) is 0. The minimum Gasteiger partial charge on any atom is -0.381 e. The Bertz CT molecular complexity index is 397. The number of rotatable bonds is 5. The molecule has 0 bridgehead atoms. The van der Waals surface area contributed by atoms with Crippen LogP contribution in [0.15, 0.2) is 6.07 Å². The highest BCUT2D eigenvalue weighted by Crippen LogP contribution is 2.24. The maximum absolute atomic E-state index is 5.38. The van der Waals surface area contributed by atoms with Crippen molar-refractivity contribution in [1.82, 2.24) is 9.97 Å². The summed E-state index contributed by atoms with van der Waals surface area (Å²) in [7, 11) is 1.78. The van der Waals surface area contributed by atoms with Crippen molar-refractivity contribution >= 4 is 11.6 Å². The molecule has 1 saturated carbocycles. The fourth-order valence-electron chi connectivity index (χ4n) is 2.41. The second-order valence-electron chi connectivity index (χ2n) is 4.73. The molecule has 1 fully saturated rings. The minimum absolute atomic E-state index is 0.388. The Morgan fingerprint density at radius 2 is 2.11 bits per heavy atom. The molecule has 1 aliphatic carbocycles. The lowest BCUT2D eigenvalue weighted by Gasteiger charge is -2.15. The predicted octanol–water partition coefficient (Wildman–Crippen LogP) is 2.20. The lowest BCUT2D eigenvalue weighted by molar-refractivity contribution is 0.108. The molecule has 5 heteroatoms. The molecule has 0 spiro atoms. The van der Waals surface area contributed by atoms with Crippen molar-refractivity contribution in [3.05, 3.63) is 11.9 Å². The first-order valence-electron chi connectivity index (χ1n) is 6.60. The first kappa shape index (κ1) is 13.1. The first-order chi connectivity index (χ1) is 8.71. The molecule has 18 heavy (non-hydrogen) atoms. The normalized spacial score (nSPS) is 23.1. The predicted molar refractivity (Wildman–Crippen MR) is 73.0 cm³/mol. The maximum atomic E-state index is 5.38. The van der Waals surface area contributed by atoms with Gasteiger partial charge in [-0.05, 0) is 33.1 Å². The molecular formula is C13H22N4O. The van der Waals surface area contributed by atoms with E-state index in [-0.39, 0.29) is 0 Å². The molecule has 0 aromatic carbocycles. The fraction of sp³-hybridized carbons (Fsp3) is 0.692. The Labute approximate surface area is 108 Å². The second-order valence-corrected chi connectivity index (χ2v) is 4.73. The standard InChI is InChI=1S/C13H22N4O/c1-4-14-12-8-13(16-9(2)15-12)17-10-5-6-11(7-10)18-3/h8,10-11H,4-7H2,1-3H3,(H2,14,15,16,17). The van der Waals surface area contributed by atoms with Gasteiger partial charge in [0, 0.05) is 25.8 Å². The van der Waals surface area contributed by atoms with Crippen molar-refractivity contribution in [3.8, 4) is 0 Å². The monoisotopic (exact) mass is 250 g/mol. The molecule has 0 aliphatic heterocycles. The van der Waals surface area contributed by atoms with Crippen molar-refractivity contribution in [2.45, 2.75) is 45.3 Å². The lowest BCUT2D eigenvalue weighted by Crippen LogP contribution is -2.18. The molecule has 2 rings (SSSR count). The summed E-state index contributed by atoms with van der Waals surface area (Å²) in [6.45, 7) is 4.84. The van der Waals surface area contributed by atoms with E-state index in [2.05, 4.69) is 27.5 Å². The van der Waals surface area contributed by atoms with Gasteiger partial charge in [0.15, 0.2) is 0 Å². The molecule has 100 valence electrons. The lowest BCUT2D eigenvalue weighted by atomic mass is 10.2. The van der Waals surface area contributed by atoms with Gasteiger partial charge < -0.3 is 15.4 Å². The van der Waals surface area contributed by atoms with Crippen LogP contribution in [0.1, 0.15) is 32.0 Å². The van der Waals surface area contributed by atoms with Gasteiger partial charge in [-0.3, -0.25) is 0 Å². The molecule has 2 atom stereocenters. The topological polar surface area (TPSA) is 59.1 Å². The highest BCUT2D eigenvalue weighted by molar-refractivity contribution is 5.48. The summed E-state index contributed by atoms with van der Waals surface area (Å²) in [4.78, 5) is 8.77. The number of aromatic nitrogens is 2. The van der Waals surface area contributed by atoms with Crippen LogP contribution < -0.4 is 10.6 Å². The Morgan fingerprint density at radius 1 is 1.33 bits per heavy atom. The van der Waals surface area contributed by atoms with E-state index in [4.69, 9.17) is 4.74 Å². The number of nitrogens with one attached hydrogen (secondary N) is 2. The van der Waals surface area contributed by atoms with Gasteiger partial charge in [-0.2, -0.15) is 0 Å². The summed E-state index contributed by atoms with van der Waals surface area (Å²) in [6.07, 6.45) is 3.70. The van der Waals surface area contributed by atoms with E-state index in [1.807, 2.05) is 13.0 Å². The molecule has 0 amide bonds. The van der Waals surface area contributed by atoms with Gasteiger partial charge in [0.1, 0.15) is 17.5 Å². The number of aryl methyl sites for hydroxylation is 1. The number of hydrogen-bond acceptors (Lipinski definition) is 5. The number of anilines is 2. The van der Waals surface area contributed by atoms with Gasteiger partial charge in [-0.1, -0.05) is 0 Å². The van der Waals surface area contributed by atoms with Crippen molar-refractivity contribution in [2.24, 2.45) is 0 Å². The molecule has 1 aromatic heterocycles. The second kappa shape index (κ2) is 6.00. The van der Waals surface area contributed by atoms with Gasteiger partial charge in [0.25, 0.3) is 0 Å². The SMILES string of the molecule is CCNc1cc(NC2CCC(OC)C2)nc(C)n1. The van der Waals surface area contributed by atoms with E-state index in [9.17, 15) is 0 Å². The zero-order valence-electron chi connectivity index (χ0n) is 11.4. The molecular weight excluding hydrogens is 228 g/mol. The molecule has 5 nitrogen and oxygen atoms in total. The van der Waals surface area contributed by atoms with Crippen LogP contribution in [0, 0.1) is 6.92 Å². The highest BCUT2D eigenvalue weighted by Gasteiger charge is 2.24.